The number of esters is 2. The Kier molecular flexibility index (Phi) is 71.7. The molecule has 0 amide bonds. The van der Waals surface area contributed by atoms with E-state index in [1.807, 2.05) is 0 Å². The molecule has 0 aromatic heterocycles. The third-order valence-corrected chi connectivity index (χ3v) is 17.1. The molecule has 83 heavy (non-hydrogen) atoms. The van der Waals surface area contributed by atoms with E-state index < -0.39 is 6.10 Å². The van der Waals surface area contributed by atoms with Crippen LogP contribution in [-0.4, -0.2) is 36.4 Å². The number of aliphatic hydroxyl groups is 1. The van der Waals surface area contributed by atoms with E-state index in [1.54, 1.807) is 0 Å². The van der Waals surface area contributed by atoms with Gasteiger partial charge < -0.3 is 14.6 Å². The van der Waals surface area contributed by atoms with E-state index in [9.17, 15) is 14.7 Å². The van der Waals surface area contributed by atoms with Gasteiger partial charge in [0.1, 0.15) is 6.61 Å². The Morgan fingerprint density at radius 3 is 0.783 bits per heavy atom. The maximum Gasteiger partial charge on any atom is 0.306 e. The van der Waals surface area contributed by atoms with Gasteiger partial charge in [-0.2, -0.15) is 0 Å². The van der Waals surface area contributed by atoms with Crippen LogP contribution in [0, 0.1) is 0 Å². The number of allylic oxidation sites excluding steroid dienone is 10. The normalized spacial score (nSPS) is 12.5. The molecule has 0 heterocycles. The van der Waals surface area contributed by atoms with Crippen molar-refractivity contribution in [3.8, 4) is 0 Å². The van der Waals surface area contributed by atoms with E-state index in [2.05, 4.69) is 74.6 Å². The number of ether oxygens (including phenoxy) is 2. The number of hydrogen-bond donors (Lipinski definition) is 1. The fourth-order valence-corrected chi connectivity index (χ4v) is 11.5. The summed E-state index contributed by atoms with van der Waals surface area (Å²) in [6, 6.07) is 0. The molecule has 0 saturated heterocycles. The van der Waals surface area contributed by atoms with Crippen LogP contribution in [0.3, 0.4) is 0 Å². The van der Waals surface area contributed by atoms with Crippen LogP contribution >= 0.6 is 0 Å². The average Bonchev–Trinajstić information content (AvgIpc) is 3.49. The van der Waals surface area contributed by atoms with Gasteiger partial charge in [-0.15, -0.1) is 0 Å². The molecule has 0 aliphatic carbocycles. The minimum absolute atomic E-state index is 0.0608. The molecule has 1 N–H and O–H groups in total. The summed E-state index contributed by atoms with van der Waals surface area (Å²) in [5.41, 5.74) is 0. The topological polar surface area (TPSA) is 72.8 Å². The standard InChI is InChI=1S/C78H144O5/c1-3-5-7-9-11-13-15-17-19-21-23-25-27-29-31-33-35-37-38-39-41-42-44-46-48-50-52-54-56-58-60-62-64-66-68-70-72-77(80)82-75-76(74-79)83-78(81)73-71-69-67-65-63-61-59-57-55-53-51-49-47-45-43-40-36-34-32-30-28-26-24-22-20-18-16-14-12-10-8-6-4-2/h6,8,12,14,18,20,24,26,30,32,76,79H,3-5,7,9-11,13,15-17,19,21-23,25,27-29,31,33-75H2,1-2H3/b8-6-,14-12-,20-18-,26-24-,32-30-. The van der Waals surface area contributed by atoms with E-state index in [0.717, 1.165) is 64.2 Å². The lowest BCUT2D eigenvalue weighted by atomic mass is 10.0. The molecule has 0 saturated carbocycles. The molecule has 1 atom stereocenters. The van der Waals surface area contributed by atoms with Gasteiger partial charge in [0, 0.05) is 12.8 Å². The maximum absolute atomic E-state index is 12.4. The fraction of sp³-hybridized carbons (Fsp3) is 0.846. The van der Waals surface area contributed by atoms with Gasteiger partial charge in [-0.1, -0.05) is 396 Å². The van der Waals surface area contributed by atoms with Crippen molar-refractivity contribution in [3.05, 3.63) is 60.8 Å². The van der Waals surface area contributed by atoms with Crippen LogP contribution in [0.25, 0.3) is 0 Å². The average molecular weight is 1160 g/mol. The molecule has 1 unspecified atom stereocenters. The van der Waals surface area contributed by atoms with Crippen LogP contribution in [0.2, 0.25) is 0 Å². The Balaban J connectivity index is 3.38. The zero-order valence-electron chi connectivity index (χ0n) is 56.0. The van der Waals surface area contributed by atoms with Gasteiger partial charge in [-0.25, -0.2) is 0 Å². The van der Waals surface area contributed by atoms with Gasteiger partial charge in [0.25, 0.3) is 0 Å². The summed E-state index contributed by atoms with van der Waals surface area (Å²) in [4.78, 5) is 24.7. The van der Waals surface area contributed by atoms with E-state index in [1.165, 1.54) is 315 Å². The van der Waals surface area contributed by atoms with Crippen LogP contribution in [0.1, 0.15) is 406 Å². The predicted molar refractivity (Wildman–Crippen MR) is 367 cm³/mol. The Morgan fingerprint density at radius 1 is 0.289 bits per heavy atom. The highest BCUT2D eigenvalue weighted by molar-refractivity contribution is 5.70. The Morgan fingerprint density at radius 2 is 0.518 bits per heavy atom. The summed E-state index contributed by atoms with van der Waals surface area (Å²) < 4.78 is 10.8. The number of aliphatic hydroxyl groups excluding tert-OH is 1. The smallest absolute Gasteiger partial charge is 0.306 e. The lowest BCUT2D eigenvalue weighted by Crippen LogP contribution is -2.28. The summed E-state index contributed by atoms with van der Waals surface area (Å²) in [5, 5.41) is 9.72. The third-order valence-electron chi connectivity index (χ3n) is 17.1. The Hall–Kier alpha value is -2.40. The molecule has 0 aromatic rings. The number of hydrogen-bond acceptors (Lipinski definition) is 5. The summed E-state index contributed by atoms with van der Waals surface area (Å²) in [5.74, 6) is -0.568. The molecule has 0 spiro atoms. The van der Waals surface area contributed by atoms with Crippen LogP contribution in [0.15, 0.2) is 60.8 Å². The van der Waals surface area contributed by atoms with Crippen molar-refractivity contribution in [2.75, 3.05) is 13.2 Å². The van der Waals surface area contributed by atoms with E-state index in [0.29, 0.717) is 12.8 Å². The van der Waals surface area contributed by atoms with Gasteiger partial charge >= 0.3 is 11.9 Å². The highest BCUT2D eigenvalue weighted by Gasteiger charge is 2.16. The summed E-state index contributed by atoms with van der Waals surface area (Å²) in [6.07, 6.45) is 101. The van der Waals surface area contributed by atoms with Crippen molar-refractivity contribution in [1.82, 2.24) is 0 Å². The predicted octanol–water partition coefficient (Wildman–Crippen LogP) is 26.1. The molecule has 5 heteroatoms. The molecule has 0 radical (unpaired) electrons. The van der Waals surface area contributed by atoms with Crippen LogP contribution in [0.5, 0.6) is 0 Å². The number of unbranched alkanes of at least 4 members (excludes halogenated alkanes) is 52. The molecular formula is C78H144O5. The van der Waals surface area contributed by atoms with E-state index >= 15 is 0 Å². The van der Waals surface area contributed by atoms with Crippen molar-refractivity contribution >= 4 is 11.9 Å². The third kappa shape index (κ3) is 72.0. The number of carbonyl (C=O) groups is 2. The first-order valence-electron chi connectivity index (χ1n) is 37.3. The zero-order valence-corrected chi connectivity index (χ0v) is 56.0. The molecule has 0 bridgehead atoms. The fourth-order valence-electron chi connectivity index (χ4n) is 11.5. The molecule has 5 nitrogen and oxygen atoms in total. The highest BCUT2D eigenvalue weighted by atomic mass is 16.6. The molecule has 0 aliphatic rings. The monoisotopic (exact) mass is 1160 g/mol. The Bertz CT molecular complexity index is 1410. The van der Waals surface area contributed by atoms with E-state index in [4.69, 9.17) is 9.47 Å². The summed E-state index contributed by atoms with van der Waals surface area (Å²) in [7, 11) is 0. The molecule has 0 aromatic carbocycles. The lowest BCUT2D eigenvalue weighted by molar-refractivity contribution is -0.161. The quantitative estimate of drug-likeness (QED) is 0.0373. The first kappa shape index (κ1) is 80.6. The Labute approximate surface area is 519 Å². The summed E-state index contributed by atoms with van der Waals surface area (Å²) in [6.45, 7) is 4.09. The first-order valence-corrected chi connectivity index (χ1v) is 37.3. The van der Waals surface area contributed by atoms with Gasteiger partial charge in [-0.3, -0.25) is 9.59 Å². The molecule has 0 aliphatic heterocycles. The van der Waals surface area contributed by atoms with Crippen molar-refractivity contribution < 1.29 is 24.2 Å². The highest BCUT2D eigenvalue weighted by Crippen LogP contribution is 2.20. The van der Waals surface area contributed by atoms with Crippen molar-refractivity contribution in [2.45, 2.75) is 412 Å². The number of rotatable bonds is 70. The largest absolute Gasteiger partial charge is 0.462 e. The van der Waals surface area contributed by atoms with Crippen molar-refractivity contribution in [2.24, 2.45) is 0 Å². The molecule has 0 rings (SSSR count). The second kappa shape index (κ2) is 73.9. The second-order valence-corrected chi connectivity index (χ2v) is 25.4. The van der Waals surface area contributed by atoms with Crippen LogP contribution in [-0.2, 0) is 19.1 Å². The maximum atomic E-state index is 12.4. The molecule has 0 fully saturated rings. The van der Waals surface area contributed by atoms with Crippen molar-refractivity contribution in [1.29, 1.82) is 0 Å². The van der Waals surface area contributed by atoms with Crippen LogP contribution in [0.4, 0.5) is 0 Å². The van der Waals surface area contributed by atoms with Gasteiger partial charge in [0.05, 0.1) is 6.61 Å². The van der Waals surface area contributed by atoms with Gasteiger partial charge in [0.15, 0.2) is 6.10 Å². The minimum Gasteiger partial charge on any atom is -0.462 e. The zero-order chi connectivity index (χ0) is 59.8. The van der Waals surface area contributed by atoms with Crippen molar-refractivity contribution in [3.63, 3.8) is 0 Å². The van der Waals surface area contributed by atoms with Gasteiger partial charge in [-0.05, 0) is 57.8 Å². The van der Waals surface area contributed by atoms with Gasteiger partial charge in [0.2, 0.25) is 0 Å². The first-order chi connectivity index (χ1) is 41.1. The van der Waals surface area contributed by atoms with Crippen LogP contribution < -0.4 is 0 Å². The van der Waals surface area contributed by atoms with E-state index in [-0.39, 0.29) is 25.2 Å². The molecule has 486 valence electrons. The number of carbonyl (C=O) groups excluding carboxylic acids is 2. The lowest BCUT2D eigenvalue weighted by Gasteiger charge is -2.15. The summed E-state index contributed by atoms with van der Waals surface area (Å²) >= 11 is 0. The second-order valence-electron chi connectivity index (χ2n) is 25.4. The molecular weight excluding hydrogens is 1020 g/mol. The SMILES string of the molecule is CC/C=C\C/C=C\C/C=C\C/C=C\C/C=C\CCCCCCCCCCCCCCCCCCCC(=O)OC(CO)COC(=O)CCCCCCCCCCCCCCCCCCCCCCCCCCCCCCCCCCCCCC. The minimum atomic E-state index is -0.772.